The molecule has 4 rings (SSSR count). The number of carbonyl (C=O) groups is 1. The fourth-order valence-corrected chi connectivity index (χ4v) is 5.91. The van der Waals surface area contributed by atoms with Gasteiger partial charge in [0.2, 0.25) is 0 Å². The number of ether oxygens (including phenoxy) is 1. The largest absolute Gasteiger partial charge is 0.376 e. The zero-order chi connectivity index (χ0) is 22.9. The van der Waals surface area contributed by atoms with Crippen molar-refractivity contribution in [2.45, 2.75) is 56.3 Å². The Morgan fingerprint density at radius 2 is 2.06 bits per heavy atom. The van der Waals surface area contributed by atoms with E-state index in [1.54, 1.807) is 36.9 Å². The highest BCUT2D eigenvalue weighted by atomic mass is 32.2. The molecule has 32 heavy (non-hydrogen) atoms. The van der Waals surface area contributed by atoms with E-state index in [1.165, 1.54) is 23.0 Å². The highest BCUT2D eigenvalue weighted by Gasteiger charge is 2.28. The van der Waals surface area contributed by atoms with E-state index >= 15 is 0 Å². The van der Waals surface area contributed by atoms with Crippen LogP contribution in [0.2, 0.25) is 0 Å². The molecule has 1 saturated heterocycles. The molecule has 0 radical (unpaired) electrons. The van der Waals surface area contributed by atoms with Gasteiger partial charge in [-0.2, -0.15) is 0 Å². The lowest BCUT2D eigenvalue weighted by Crippen LogP contribution is -2.37. The first-order chi connectivity index (χ1) is 15.3. The second kappa shape index (κ2) is 9.29. The summed E-state index contributed by atoms with van der Waals surface area (Å²) < 4.78 is 32.1. The van der Waals surface area contributed by atoms with Gasteiger partial charge in [0.15, 0.2) is 15.0 Å². The first-order valence-corrected chi connectivity index (χ1v) is 13.3. The van der Waals surface area contributed by atoms with Gasteiger partial charge in [-0.05, 0) is 69.0 Å². The van der Waals surface area contributed by atoms with Crippen LogP contribution >= 0.6 is 11.3 Å². The molecular weight excluding hydrogens is 444 g/mol. The van der Waals surface area contributed by atoms with Crippen molar-refractivity contribution in [3.8, 4) is 0 Å². The minimum atomic E-state index is -3.48. The molecule has 1 fully saturated rings. The van der Waals surface area contributed by atoms with Crippen molar-refractivity contribution in [2.24, 2.45) is 0 Å². The van der Waals surface area contributed by atoms with Crippen molar-refractivity contribution in [1.29, 1.82) is 0 Å². The summed E-state index contributed by atoms with van der Waals surface area (Å²) in [6.07, 6.45) is 2.73. The third-order valence-electron chi connectivity index (χ3n) is 5.77. The Bertz CT molecular complexity index is 1230. The van der Waals surface area contributed by atoms with Crippen LogP contribution < -0.4 is 4.90 Å². The van der Waals surface area contributed by atoms with Crippen LogP contribution in [-0.2, 0) is 21.0 Å². The Morgan fingerprint density at radius 1 is 1.25 bits per heavy atom. The van der Waals surface area contributed by atoms with Gasteiger partial charge >= 0.3 is 0 Å². The van der Waals surface area contributed by atoms with Crippen molar-refractivity contribution in [1.82, 2.24) is 4.98 Å². The normalized spacial score (nSPS) is 16.7. The van der Waals surface area contributed by atoms with E-state index in [2.05, 4.69) is 19.1 Å². The number of thiazole rings is 1. The highest BCUT2D eigenvalue weighted by molar-refractivity contribution is 7.92. The summed E-state index contributed by atoms with van der Waals surface area (Å²) >= 11 is 1.48. The lowest BCUT2D eigenvalue weighted by Gasteiger charge is -2.23. The zero-order valence-corrected chi connectivity index (χ0v) is 20.2. The zero-order valence-electron chi connectivity index (χ0n) is 18.6. The number of amides is 1. The summed E-state index contributed by atoms with van der Waals surface area (Å²) in [5.41, 5.74) is 2.40. The van der Waals surface area contributed by atoms with Crippen LogP contribution in [-0.4, -0.2) is 43.8 Å². The number of anilines is 1. The first-order valence-electron chi connectivity index (χ1n) is 11.0. The van der Waals surface area contributed by atoms with Gasteiger partial charge in [-0.15, -0.1) is 0 Å². The molecule has 1 aliphatic heterocycles. The van der Waals surface area contributed by atoms with Crippen LogP contribution in [0.1, 0.15) is 49.5 Å². The number of fused-ring (bicyclic) bond motifs is 1. The number of sulfone groups is 1. The molecule has 1 amide bonds. The summed E-state index contributed by atoms with van der Waals surface area (Å²) in [4.78, 5) is 20.2. The van der Waals surface area contributed by atoms with Crippen molar-refractivity contribution in [3.05, 3.63) is 53.6 Å². The lowest BCUT2D eigenvalue weighted by molar-refractivity contribution is 0.0917. The van der Waals surface area contributed by atoms with Crippen LogP contribution in [0.25, 0.3) is 10.2 Å². The number of benzene rings is 2. The van der Waals surface area contributed by atoms with E-state index in [9.17, 15) is 13.2 Å². The van der Waals surface area contributed by atoms with Crippen LogP contribution in [0.5, 0.6) is 0 Å². The average Bonchev–Trinajstić information content (AvgIpc) is 3.45. The van der Waals surface area contributed by atoms with Crippen LogP contribution in [0.15, 0.2) is 47.4 Å². The molecule has 1 aromatic heterocycles. The molecule has 2 aromatic carbocycles. The van der Waals surface area contributed by atoms with Crippen LogP contribution in [0.3, 0.4) is 0 Å². The molecule has 8 heteroatoms. The van der Waals surface area contributed by atoms with Crippen molar-refractivity contribution in [2.75, 3.05) is 18.1 Å². The lowest BCUT2D eigenvalue weighted by atomic mass is 10.1. The Labute approximate surface area is 193 Å². The molecular formula is C24H28N2O4S2. The molecule has 1 unspecified atom stereocenters. The van der Waals surface area contributed by atoms with E-state index < -0.39 is 15.1 Å². The van der Waals surface area contributed by atoms with Gasteiger partial charge in [0.1, 0.15) is 0 Å². The molecule has 2 heterocycles. The molecule has 1 atom stereocenters. The van der Waals surface area contributed by atoms with Crippen molar-refractivity contribution >= 4 is 42.4 Å². The number of nitrogens with zero attached hydrogens (tertiary/aromatic N) is 2. The number of aryl methyl sites for hydroxylation is 1. The second-order valence-electron chi connectivity index (χ2n) is 8.32. The number of aromatic nitrogens is 1. The van der Waals surface area contributed by atoms with Gasteiger partial charge in [0, 0.05) is 12.2 Å². The molecule has 0 bridgehead atoms. The smallest absolute Gasteiger partial charge is 0.260 e. The standard InChI is InChI=1S/C24H28N2O4S2/c1-4-17-10-11-21-22(13-17)31-24(25-21)26(15-19-8-6-12-30-19)23(27)18-7-5-9-20(14-18)32(28,29)16(2)3/h5,7,9-11,13-14,16,19H,4,6,8,12,15H2,1-3H3. The third-order valence-corrected chi connectivity index (χ3v) is 8.96. The average molecular weight is 473 g/mol. The molecule has 0 saturated carbocycles. The monoisotopic (exact) mass is 472 g/mol. The minimum absolute atomic E-state index is 0.0558. The molecule has 0 aliphatic carbocycles. The second-order valence-corrected chi connectivity index (χ2v) is 11.8. The maximum atomic E-state index is 13.6. The summed E-state index contributed by atoms with van der Waals surface area (Å²) in [7, 11) is -3.48. The van der Waals surface area contributed by atoms with Crippen molar-refractivity contribution in [3.63, 3.8) is 0 Å². The third kappa shape index (κ3) is 4.58. The van der Waals surface area contributed by atoms with Gasteiger partial charge in [-0.25, -0.2) is 13.4 Å². The Kier molecular flexibility index (Phi) is 6.65. The van der Waals surface area contributed by atoms with E-state index in [1.807, 2.05) is 6.07 Å². The predicted molar refractivity (Wildman–Crippen MR) is 128 cm³/mol. The molecule has 3 aromatic rings. The number of carbonyl (C=O) groups excluding carboxylic acids is 1. The minimum Gasteiger partial charge on any atom is -0.376 e. The highest BCUT2D eigenvalue weighted by Crippen LogP contribution is 2.32. The fraction of sp³-hybridized carbons (Fsp3) is 0.417. The maximum Gasteiger partial charge on any atom is 0.260 e. The number of hydrogen-bond donors (Lipinski definition) is 0. The molecule has 170 valence electrons. The number of hydrogen-bond acceptors (Lipinski definition) is 6. The SMILES string of the molecule is CCc1ccc2nc(N(CC3CCCO3)C(=O)c3cccc(S(=O)(=O)C(C)C)c3)sc2c1. The topological polar surface area (TPSA) is 76.6 Å². The van der Waals surface area contributed by atoms with E-state index in [4.69, 9.17) is 9.72 Å². The number of rotatable bonds is 7. The predicted octanol–water partition coefficient (Wildman–Crippen LogP) is 4.87. The van der Waals surface area contributed by atoms with Crippen LogP contribution in [0.4, 0.5) is 5.13 Å². The van der Waals surface area contributed by atoms with Gasteiger partial charge in [-0.1, -0.05) is 30.4 Å². The summed E-state index contributed by atoms with van der Waals surface area (Å²) in [5, 5.41) is 0.0405. The fourth-order valence-electron chi connectivity index (χ4n) is 3.77. The first kappa shape index (κ1) is 22.9. The Hall–Kier alpha value is -2.29. The van der Waals surface area contributed by atoms with Gasteiger partial charge in [-0.3, -0.25) is 9.69 Å². The molecule has 0 spiro atoms. The maximum absolute atomic E-state index is 13.6. The Balaban J connectivity index is 1.73. The quantitative estimate of drug-likeness (QED) is 0.490. The van der Waals surface area contributed by atoms with E-state index in [0.717, 1.165) is 29.5 Å². The van der Waals surface area contributed by atoms with E-state index in [-0.39, 0.29) is 16.9 Å². The molecule has 1 aliphatic rings. The summed E-state index contributed by atoms with van der Waals surface area (Å²) in [5.74, 6) is -0.268. The van der Waals surface area contributed by atoms with Gasteiger partial charge in [0.25, 0.3) is 5.91 Å². The summed E-state index contributed by atoms with van der Waals surface area (Å²) in [6, 6.07) is 12.5. The van der Waals surface area contributed by atoms with Crippen molar-refractivity contribution < 1.29 is 17.9 Å². The van der Waals surface area contributed by atoms with Gasteiger partial charge in [0.05, 0.1) is 33.0 Å². The van der Waals surface area contributed by atoms with Gasteiger partial charge < -0.3 is 4.74 Å². The molecule has 6 nitrogen and oxygen atoms in total. The van der Waals surface area contributed by atoms with Crippen LogP contribution in [0, 0.1) is 0 Å². The van der Waals surface area contributed by atoms with E-state index in [0.29, 0.717) is 23.8 Å². The molecule has 0 N–H and O–H groups in total. The Morgan fingerprint density at radius 3 is 2.75 bits per heavy atom. The summed E-state index contributed by atoms with van der Waals surface area (Å²) in [6.45, 7) is 6.46.